The van der Waals surface area contributed by atoms with Gasteiger partial charge >= 0.3 is 6.03 Å². The van der Waals surface area contributed by atoms with Gasteiger partial charge in [-0.15, -0.1) is 0 Å². The Bertz CT molecular complexity index is 903. The van der Waals surface area contributed by atoms with E-state index in [9.17, 15) is 14.4 Å². The number of carbonyl (C=O) groups is 3. The maximum Gasteiger partial charge on any atom is 0.325 e. The summed E-state index contributed by atoms with van der Waals surface area (Å²) in [6.07, 6.45) is 0. The van der Waals surface area contributed by atoms with E-state index >= 15 is 0 Å². The number of imide groups is 1. The van der Waals surface area contributed by atoms with Crippen LogP contribution in [0.25, 0.3) is 0 Å². The lowest BCUT2D eigenvalue weighted by Gasteiger charge is -2.22. The Balaban J connectivity index is 1.78. The largest absolute Gasteiger partial charge is 0.497 e. The number of ketones is 1. The van der Waals surface area contributed by atoms with E-state index in [4.69, 9.17) is 4.74 Å². The monoisotopic (exact) mass is 380 g/mol. The second kappa shape index (κ2) is 7.46. The summed E-state index contributed by atoms with van der Waals surface area (Å²) < 4.78 is 5.13. The summed E-state index contributed by atoms with van der Waals surface area (Å²) in [6, 6.07) is 13.6. The molecule has 6 heteroatoms. The summed E-state index contributed by atoms with van der Waals surface area (Å²) in [5.74, 6) is 0.286. The van der Waals surface area contributed by atoms with E-state index in [2.05, 4.69) is 19.2 Å². The van der Waals surface area contributed by atoms with Gasteiger partial charge in [0.1, 0.15) is 11.3 Å². The number of benzene rings is 2. The predicted octanol–water partition coefficient (Wildman–Crippen LogP) is 3.47. The maximum absolute atomic E-state index is 13.0. The Morgan fingerprint density at radius 2 is 1.68 bits per heavy atom. The molecule has 2 aromatic rings. The molecule has 1 saturated heterocycles. The SMILES string of the molecule is COc1ccc(C2(C)NC(=O)N(CC(=O)c3ccc(C(C)C)cc3)C2=O)cc1. The minimum Gasteiger partial charge on any atom is -0.497 e. The number of methoxy groups -OCH3 is 1. The van der Waals surface area contributed by atoms with Crippen LogP contribution in [0.3, 0.4) is 0 Å². The molecule has 0 aliphatic carbocycles. The molecule has 1 fully saturated rings. The molecular formula is C22H24N2O4. The molecule has 3 rings (SSSR count). The Kier molecular flexibility index (Phi) is 5.23. The number of carbonyl (C=O) groups excluding carboxylic acids is 3. The zero-order valence-electron chi connectivity index (χ0n) is 16.5. The fourth-order valence-corrected chi connectivity index (χ4v) is 3.25. The molecule has 0 aromatic heterocycles. The van der Waals surface area contributed by atoms with E-state index in [1.54, 1.807) is 50.4 Å². The Morgan fingerprint density at radius 1 is 1.07 bits per heavy atom. The fourth-order valence-electron chi connectivity index (χ4n) is 3.25. The van der Waals surface area contributed by atoms with Crippen molar-refractivity contribution < 1.29 is 19.1 Å². The van der Waals surface area contributed by atoms with E-state index in [-0.39, 0.29) is 12.3 Å². The molecule has 0 saturated carbocycles. The van der Waals surface area contributed by atoms with Gasteiger partial charge in [-0.2, -0.15) is 0 Å². The van der Waals surface area contributed by atoms with Crippen molar-refractivity contribution in [2.75, 3.05) is 13.7 Å². The predicted molar refractivity (Wildman–Crippen MR) is 105 cm³/mol. The fraction of sp³-hybridized carbons (Fsp3) is 0.318. The molecule has 0 bridgehead atoms. The van der Waals surface area contributed by atoms with Crippen LogP contribution in [0, 0.1) is 0 Å². The zero-order chi connectivity index (χ0) is 20.5. The number of Topliss-reactive ketones (excluding diaryl/α,β-unsaturated/α-hetero) is 1. The molecule has 1 atom stereocenters. The van der Waals surface area contributed by atoms with Gasteiger partial charge in [0.15, 0.2) is 5.78 Å². The van der Waals surface area contributed by atoms with Crippen molar-refractivity contribution in [2.45, 2.75) is 32.2 Å². The second-order valence-electron chi connectivity index (χ2n) is 7.37. The zero-order valence-corrected chi connectivity index (χ0v) is 16.5. The molecule has 6 nitrogen and oxygen atoms in total. The van der Waals surface area contributed by atoms with Crippen LogP contribution in [0.2, 0.25) is 0 Å². The molecule has 1 aliphatic rings. The molecular weight excluding hydrogens is 356 g/mol. The van der Waals surface area contributed by atoms with Crippen LogP contribution < -0.4 is 10.1 Å². The topological polar surface area (TPSA) is 75.7 Å². The van der Waals surface area contributed by atoms with Crippen LogP contribution in [-0.2, 0) is 10.3 Å². The average Bonchev–Trinajstić information content (AvgIpc) is 2.92. The van der Waals surface area contributed by atoms with Crippen molar-refractivity contribution in [3.63, 3.8) is 0 Å². The highest BCUT2D eigenvalue weighted by atomic mass is 16.5. The first-order valence-electron chi connectivity index (χ1n) is 9.18. The van der Waals surface area contributed by atoms with E-state index in [1.165, 1.54) is 0 Å². The molecule has 1 heterocycles. The summed E-state index contributed by atoms with van der Waals surface area (Å²) in [4.78, 5) is 39.0. The highest BCUT2D eigenvalue weighted by Crippen LogP contribution is 2.30. The number of hydrogen-bond donors (Lipinski definition) is 1. The molecule has 146 valence electrons. The average molecular weight is 380 g/mol. The summed E-state index contributed by atoms with van der Waals surface area (Å²) in [5.41, 5.74) is 1.01. The quantitative estimate of drug-likeness (QED) is 0.615. The lowest BCUT2D eigenvalue weighted by molar-refractivity contribution is -0.130. The van der Waals surface area contributed by atoms with Crippen molar-refractivity contribution >= 4 is 17.7 Å². The molecule has 28 heavy (non-hydrogen) atoms. The molecule has 2 aromatic carbocycles. The third-order valence-corrected chi connectivity index (χ3v) is 5.14. The number of urea groups is 1. The standard InChI is InChI=1S/C22H24N2O4/c1-14(2)15-5-7-16(8-6-15)19(25)13-24-20(26)22(3,23-21(24)27)17-9-11-18(28-4)12-10-17/h5-12,14H,13H2,1-4H3,(H,23,27). The smallest absolute Gasteiger partial charge is 0.325 e. The van der Waals surface area contributed by atoms with Crippen LogP contribution in [0.1, 0.15) is 48.2 Å². The Hall–Kier alpha value is -3.15. The maximum atomic E-state index is 13.0. The van der Waals surface area contributed by atoms with E-state index in [1.807, 2.05) is 12.1 Å². The minimum atomic E-state index is -1.22. The summed E-state index contributed by atoms with van der Waals surface area (Å²) in [5, 5.41) is 2.71. The van der Waals surface area contributed by atoms with Crippen LogP contribution in [0.15, 0.2) is 48.5 Å². The first-order chi connectivity index (χ1) is 13.3. The minimum absolute atomic E-state index is 0.280. The van der Waals surface area contributed by atoms with Crippen LogP contribution >= 0.6 is 0 Å². The molecule has 0 radical (unpaired) electrons. The van der Waals surface area contributed by atoms with Gasteiger partial charge in [-0.25, -0.2) is 4.79 Å². The number of rotatable bonds is 6. The number of ether oxygens (including phenoxy) is 1. The van der Waals surface area contributed by atoms with Gasteiger partial charge in [-0.1, -0.05) is 50.2 Å². The highest BCUT2D eigenvalue weighted by molar-refractivity contribution is 6.11. The van der Waals surface area contributed by atoms with Crippen molar-refractivity contribution in [2.24, 2.45) is 0 Å². The summed E-state index contributed by atoms with van der Waals surface area (Å²) in [7, 11) is 1.56. The second-order valence-corrected chi connectivity index (χ2v) is 7.37. The van der Waals surface area contributed by atoms with E-state index in [0.29, 0.717) is 22.8 Å². The Morgan fingerprint density at radius 3 is 2.21 bits per heavy atom. The van der Waals surface area contributed by atoms with E-state index in [0.717, 1.165) is 10.5 Å². The van der Waals surface area contributed by atoms with Gasteiger partial charge in [-0.3, -0.25) is 14.5 Å². The summed E-state index contributed by atoms with van der Waals surface area (Å²) >= 11 is 0. The third kappa shape index (κ3) is 3.50. The molecule has 1 N–H and O–H groups in total. The normalized spacial score (nSPS) is 19.1. The van der Waals surface area contributed by atoms with E-state index < -0.39 is 17.5 Å². The first kappa shape index (κ1) is 19.6. The van der Waals surface area contributed by atoms with Crippen LogP contribution in [0.5, 0.6) is 5.75 Å². The van der Waals surface area contributed by atoms with Crippen molar-refractivity contribution in [1.29, 1.82) is 0 Å². The van der Waals surface area contributed by atoms with Crippen LogP contribution in [-0.4, -0.2) is 36.3 Å². The Labute approximate surface area is 164 Å². The van der Waals surface area contributed by atoms with Gasteiger partial charge < -0.3 is 10.1 Å². The third-order valence-electron chi connectivity index (χ3n) is 5.14. The number of nitrogens with one attached hydrogen (secondary N) is 1. The molecule has 1 unspecified atom stereocenters. The van der Waals surface area contributed by atoms with Crippen LogP contribution in [0.4, 0.5) is 4.79 Å². The van der Waals surface area contributed by atoms with Gasteiger partial charge in [0.25, 0.3) is 5.91 Å². The molecule has 3 amide bonds. The first-order valence-corrected chi connectivity index (χ1v) is 9.18. The molecule has 1 aliphatic heterocycles. The van der Waals surface area contributed by atoms with Gasteiger partial charge in [0.05, 0.1) is 13.7 Å². The number of hydrogen-bond acceptors (Lipinski definition) is 4. The van der Waals surface area contributed by atoms with Crippen molar-refractivity contribution in [1.82, 2.24) is 10.2 Å². The number of amides is 3. The van der Waals surface area contributed by atoms with Gasteiger partial charge in [0, 0.05) is 5.56 Å². The molecule has 0 spiro atoms. The summed E-state index contributed by atoms with van der Waals surface area (Å²) in [6.45, 7) is 5.49. The van der Waals surface area contributed by atoms with Crippen molar-refractivity contribution in [3.05, 3.63) is 65.2 Å². The number of nitrogens with zero attached hydrogens (tertiary/aromatic N) is 1. The van der Waals surface area contributed by atoms with Crippen molar-refractivity contribution in [3.8, 4) is 5.75 Å². The van der Waals surface area contributed by atoms with Gasteiger partial charge in [-0.05, 0) is 36.1 Å². The highest BCUT2D eigenvalue weighted by Gasteiger charge is 2.49. The lowest BCUT2D eigenvalue weighted by atomic mass is 9.92. The van der Waals surface area contributed by atoms with Gasteiger partial charge in [0.2, 0.25) is 0 Å². The lowest BCUT2D eigenvalue weighted by Crippen LogP contribution is -2.41.